The molecule has 1 aromatic rings. The molecule has 0 saturated carbocycles. The van der Waals surface area contributed by atoms with E-state index in [9.17, 15) is 4.79 Å². The molecule has 3 heteroatoms. The molecule has 3 nitrogen and oxygen atoms in total. The van der Waals surface area contributed by atoms with Gasteiger partial charge in [-0.15, -0.1) is 0 Å². The van der Waals surface area contributed by atoms with Crippen molar-refractivity contribution in [1.82, 2.24) is 4.90 Å². The largest absolute Gasteiger partial charge is 0.336 e. The minimum atomic E-state index is 0.193. The van der Waals surface area contributed by atoms with Gasteiger partial charge in [-0.25, -0.2) is 0 Å². The van der Waals surface area contributed by atoms with E-state index in [2.05, 4.69) is 11.8 Å². The van der Waals surface area contributed by atoms with Gasteiger partial charge in [-0.3, -0.25) is 4.79 Å². The molecule has 0 radical (unpaired) electrons. The first-order valence-electron chi connectivity index (χ1n) is 7.86. The lowest BCUT2D eigenvalue weighted by atomic mass is 10.0. The van der Waals surface area contributed by atoms with Gasteiger partial charge in [-0.05, 0) is 49.9 Å². The summed E-state index contributed by atoms with van der Waals surface area (Å²) in [5.41, 5.74) is 7.57. The van der Waals surface area contributed by atoms with E-state index in [0.717, 1.165) is 37.8 Å². The molecule has 0 aliphatic carbocycles. The molecule has 1 heterocycles. The van der Waals surface area contributed by atoms with Crippen LogP contribution in [0.1, 0.15) is 54.9 Å². The highest BCUT2D eigenvalue weighted by Crippen LogP contribution is 2.21. The van der Waals surface area contributed by atoms with E-state index >= 15 is 0 Å². The Bertz CT molecular complexity index is 427. The van der Waals surface area contributed by atoms with Crippen molar-refractivity contribution >= 4 is 5.91 Å². The number of nitrogens with two attached hydrogens (primary N) is 1. The molecule has 0 aromatic heterocycles. The Morgan fingerprint density at radius 2 is 2.00 bits per heavy atom. The first-order valence-corrected chi connectivity index (χ1v) is 7.86. The summed E-state index contributed by atoms with van der Waals surface area (Å²) in [5.74, 6) is 0.193. The van der Waals surface area contributed by atoms with Crippen LogP contribution in [0.15, 0.2) is 24.3 Å². The Balaban J connectivity index is 2.11. The summed E-state index contributed by atoms with van der Waals surface area (Å²) in [6.07, 6.45) is 6.70. The number of amides is 1. The van der Waals surface area contributed by atoms with Crippen molar-refractivity contribution in [2.45, 2.75) is 51.5 Å². The second kappa shape index (κ2) is 7.44. The van der Waals surface area contributed by atoms with E-state index in [-0.39, 0.29) is 5.91 Å². The van der Waals surface area contributed by atoms with Crippen LogP contribution < -0.4 is 5.73 Å². The molecule has 1 unspecified atom stereocenters. The van der Waals surface area contributed by atoms with E-state index in [1.807, 2.05) is 24.3 Å². The highest BCUT2D eigenvalue weighted by Gasteiger charge is 2.24. The first-order chi connectivity index (χ1) is 9.76. The third-order valence-corrected chi connectivity index (χ3v) is 4.24. The minimum Gasteiger partial charge on any atom is -0.336 e. The van der Waals surface area contributed by atoms with Crippen LogP contribution in [0.5, 0.6) is 0 Å². The molecule has 1 saturated heterocycles. The second-order valence-electron chi connectivity index (χ2n) is 5.65. The molecule has 0 spiro atoms. The zero-order valence-corrected chi connectivity index (χ0v) is 12.5. The van der Waals surface area contributed by atoms with E-state index in [4.69, 9.17) is 5.73 Å². The third-order valence-electron chi connectivity index (χ3n) is 4.24. The Morgan fingerprint density at radius 1 is 1.25 bits per heavy atom. The van der Waals surface area contributed by atoms with Crippen molar-refractivity contribution in [3.8, 4) is 0 Å². The lowest BCUT2D eigenvalue weighted by molar-refractivity contribution is 0.0678. The van der Waals surface area contributed by atoms with Crippen LogP contribution in [0.4, 0.5) is 0 Å². The summed E-state index contributed by atoms with van der Waals surface area (Å²) in [6, 6.07) is 8.36. The highest BCUT2D eigenvalue weighted by atomic mass is 16.2. The lowest BCUT2D eigenvalue weighted by Gasteiger charge is -2.29. The quantitative estimate of drug-likeness (QED) is 0.917. The number of nitrogens with zero attached hydrogens (tertiary/aromatic N) is 1. The first kappa shape index (κ1) is 15.0. The molecular formula is C17H26N2O. The molecule has 1 aliphatic rings. The van der Waals surface area contributed by atoms with Crippen molar-refractivity contribution in [2.24, 2.45) is 5.73 Å². The van der Waals surface area contributed by atoms with Crippen LogP contribution in [0, 0.1) is 0 Å². The molecule has 0 bridgehead atoms. The Kier molecular flexibility index (Phi) is 5.60. The number of rotatable bonds is 4. The van der Waals surface area contributed by atoms with Gasteiger partial charge in [0.25, 0.3) is 5.91 Å². The number of carbonyl (C=O) groups excluding carboxylic acids is 1. The van der Waals surface area contributed by atoms with Crippen LogP contribution in [-0.2, 0) is 6.42 Å². The zero-order valence-electron chi connectivity index (χ0n) is 12.5. The van der Waals surface area contributed by atoms with Crippen LogP contribution in [0.3, 0.4) is 0 Å². The molecule has 1 amide bonds. The van der Waals surface area contributed by atoms with Crippen molar-refractivity contribution in [1.29, 1.82) is 0 Å². The Labute approximate surface area is 122 Å². The number of likely N-dealkylation sites (tertiary alicyclic amines) is 1. The Hall–Kier alpha value is -1.35. The average molecular weight is 274 g/mol. The summed E-state index contributed by atoms with van der Waals surface area (Å²) in [7, 11) is 0. The van der Waals surface area contributed by atoms with E-state index in [0.29, 0.717) is 12.6 Å². The van der Waals surface area contributed by atoms with Gasteiger partial charge in [0.05, 0.1) is 0 Å². The normalized spacial score (nSPS) is 19.7. The highest BCUT2D eigenvalue weighted by molar-refractivity contribution is 5.94. The molecule has 20 heavy (non-hydrogen) atoms. The summed E-state index contributed by atoms with van der Waals surface area (Å²) in [6.45, 7) is 3.74. The number of hydrogen-bond acceptors (Lipinski definition) is 2. The van der Waals surface area contributed by atoms with E-state index < -0.39 is 0 Å². The third kappa shape index (κ3) is 3.60. The number of benzene rings is 1. The van der Waals surface area contributed by atoms with Crippen LogP contribution in [0.2, 0.25) is 0 Å². The minimum absolute atomic E-state index is 0.193. The maximum atomic E-state index is 12.7. The number of carbonyl (C=O) groups is 1. The zero-order chi connectivity index (χ0) is 14.4. The molecule has 110 valence electrons. The fourth-order valence-electron chi connectivity index (χ4n) is 3.02. The molecule has 1 aromatic carbocycles. The summed E-state index contributed by atoms with van der Waals surface area (Å²) < 4.78 is 0. The number of hydrogen-bond donors (Lipinski definition) is 1. The molecule has 2 rings (SSSR count). The predicted molar refractivity (Wildman–Crippen MR) is 82.8 cm³/mol. The van der Waals surface area contributed by atoms with Gasteiger partial charge in [0.1, 0.15) is 0 Å². The fraction of sp³-hybridized carbons (Fsp3) is 0.588. The van der Waals surface area contributed by atoms with Gasteiger partial charge >= 0.3 is 0 Å². The molecular weight excluding hydrogens is 248 g/mol. The van der Waals surface area contributed by atoms with E-state index in [1.54, 1.807) is 0 Å². The molecule has 1 aliphatic heterocycles. The topological polar surface area (TPSA) is 46.3 Å². The standard InChI is InChI=1S/C17H26N2O/c1-2-16-6-4-3-5-13-19(16)17(20)15-9-7-14(8-10-15)11-12-18/h7-10,16H,2-6,11-13,18H2,1H3. The van der Waals surface area contributed by atoms with Crippen molar-refractivity contribution in [2.75, 3.05) is 13.1 Å². The lowest BCUT2D eigenvalue weighted by Crippen LogP contribution is -2.39. The summed E-state index contributed by atoms with van der Waals surface area (Å²) in [5, 5.41) is 0. The van der Waals surface area contributed by atoms with Gasteiger partial charge in [-0.1, -0.05) is 31.9 Å². The summed E-state index contributed by atoms with van der Waals surface area (Å²) >= 11 is 0. The van der Waals surface area contributed by atoms with Crippen molar-refractivity contribution in [3.63, 3.8) is 0 Å². The molecule has 1 atom stereocenters. The van der Waals surface area contributed by atoms with Gasteiger partial charge in [0.2, 0.25) is 0 Å². The van der Waals surface area contributed by atoms with E-state index in [1.165, 1.54) is 18.4 Å². The van der Waals surface area contributed by atoms with Crippen LogP contribution >= 0.6 is 0 Å². The maximum Gasteiger partial charge on any atom is 0.254 e. The maximum absolute atomic E-state index is 12.7. The molecule has 2 N–H and O–H groups in total. The van der Waals surface area contributed by atoms with Crippen molar-refractivity contribution < 1.29 is 4.79 Å². The Morgan fingerprint density at radius 3 is 2.65 bits per heavy atom. The SMILES string of the molecule is CCC1CCCCCN1C(=O)c1ccc(CCN)cc1. The van der Waals surface area contributed by atoms with Gasteiger partial charge < -0.3 is 10.6 Å². The van der Waals surface area contributed by atoms with Gasteiger partial charge in [-0.2, -0.15) is 0 Å². The average Bonchev–Trinajstić information content (AvgIpc) is 2.72. The van der Waals surface area contributed by atoms with Gasteiger partial charge in [0.15, 0.2) is 0 Å². The van der Waals surface area contributed by atoms with Crippen LogP contribution in [-0.4, -0.2) is 29.9 Å². The monoisotopic (exact) mass is 274 g/mol. The summed E-state index contributed by atoms with van der Waals surface area (Å²) in [4.78, 5) is 14.8. The fourth-order valence-corrected chi connectivity index (χ4v) is 3.02. The predicted octanol–water partition coefficient (Wildman–Crippen LogP) is 2.98. The molecule has 1 fully saturated rings. The van der Waals surface area contributed by atoms with Crippen LogP contribution in [0.25, 0.3) is 0 Å². The van der Waals surface area contributed by atoms with Gasteiger partial charge in [0, 0.05) is 18.2 Å². The van der Waals surface area contributed by atoms with Crippen molar-refractivity contribution in [3.05, 3.63) is 35.4 Å². The smallest absolute Gasteiger partial charge is 0.254 e. The second-order valence-corrected chi connectivity index (χ2v) is 5.65.